The molecule has 0 N–H and O–H groups in total. The highest BCUT2D eigenvalue weighted by atomic mass is 16.5. The van der Waals surface area contributed by atoms with Crippen LogP contribution < -0.4 is 0 Å². The number of ether oxygens (including phenoxy) is 1. The maximum absolute atomic E-state index is 10.3. The van der Waals surface area contributed by atoms with Crippen molar-refractivity contribution in [3.63, 3.8) is 0 Å². The van der Waals surface area contributed by atoms with E-state index in [1.807, 2.05) is 0 Å². The van der Waals surface area contributed by atoms with Gasteiger partial charge in [0.1, 0.15) is 12.4 Å². The summed E-state index contributed by atoms with van der Waals surface area (Å²) in [5.41, 5.74) is 0. The number of nitriles is 1. The lowest BCUT2D eigenvalue weighted by atomic mass is 10.2. The summed E-state index contributed by atoms with van der Waals surface area (Å²) >= 11 is 0. The number of aldehydes is 1. The van der Waals surface area contributed by atoms with Gasteiger partial charge in [-0.25, -0.2) is 0 Å². The van der Waals surface area contributed by atoms with Crippen LogP contribution in [-0.2, 0) is 14.3 Å². The predicted molar refractivity (Wildman–Crippen MR) is 36.5 cm³/mol. The number of rotatable bonds is 4. The molecule has 4 nitrogen and oxygen atoms in total. The van der Waals surface area contributed by atoms with Crippen molar-refractivity contribution in [1.29, 1.82) is 5.26 Å². The first-order valence-corrected chi connectivity index (χ1v) is 3.21. The summed E-state index contributed by atoms with van der Waals surface area (Å²) in [7, 11) is 0. The Bertz CT molecular complexity index is 183. The van der Waals surface area contributed by atoms with Crippen LogP contribution in [0.3, 0.4) is 0 Å². The molecule has 0 aromatic rings. The summed E-state index contributed by atoms with van der Waals surface area (Å²) in [5, 5.41) is 8.36. The summed E-state index contributed by atoms with van der Waals surface area (Å²) in [6, 6.07) is 1.77. The molecule has 0 aromatic heterocycles. The molecule has 0 fully saturated rings. The highest BCUT2D eigenvalue weighted by molar-refractivity contribution is 5.66. The summed E-state index contributed by atoms with van der Waals surface area (Å²) in [6.45, 7) is 1.23. The van der Waals surface area contributed by atoms with Gasteiger partial charge in [0.25, 0.3) is 0 Å². The third kappa shape index (κ3) is 5.09. The van der Waals surface area contributed by atoms with E-state index in [0.29, 0.717) is 6.29 Å². The van der Waals surface area contributed by atoms with Gasteiger partial charge in [-0.3, -0.25) is 4.79 Å². The number of carbonyl (C=O) groups is 2. The smallest absolute Gasteiger partial charge is 0.303 e. The number of hydrogen-bond acceptors (Lipinski definition) is 4. The average molecular weight is 155 g/mol. The minimum absolute atomic E-state index is 0.242. The molecule has 4 heteroatoms. The van der Waals surface area contributed by atoms with Crippen LogP contribution in [0.15, 0.2) is 0 Å². The molecule has 0 radical (unpaired) electrons. The van der Waals surface area contributed by atoms with Crippen LogP contribution in [0.5, 0.6) is 0 Å². The van der Waals surface area contributed by atoms with Crippen molar-refractivity contribution in [2.24, 2.45) is 0 Å². The molecule has 60 valence electrons. The highest BCUT2D eigenvalue weighted by Gasteiger charge is 2.08. The van der Waals surface area contributed by atoms with E-state index in [1.54, 1.807) is 6.07 Å². The lowest BCUT2D eigenvalue weighted by molar-refractivity contribution is -0.144. The first kappa shape index (κ1) is 9.63. The zero-order valence-corrected chi connectivity index (χ0v) is 6.24. The Hall–Kier alpha value is -1.37. The molecule has 11 heavy (non-hydrogen) atoms. The van der Waals surface area contributed by atoms with Crippen molar-refractivity contribution in [2.75, 3.05) is 0 Å². The maximum atomic E-state index is 10.3. The van der Waals surface area contributed by atoms with Crippen LogP contribution in [0.2, 0.25) is 0 Å². The van der Waals surface area contributed by atoms with E-state index in [4.69, 9.17) is 5.26 Å². The molecule has 0 saturated carbocycles. The van der Waals surface area contributed by atoms with Crippen molar-refractivity contribution < 1.29 is 14.3 Å². The van der Waals surface area contributed by atoms with Crippen LogP contribution in [0.4, 0.5) is 0 Å². The fourth-order valence-corrected chi connectivity index (χ4v) is 0.570. The fraction of sp³-hybridized carbons (Fsp3) is 0.571. The Balaban J connectivity index is 3.69. The minimum atomic E-state index is -0.780. The number of nitrogens with zero attached hydrogens (tertiary/aromatic N) is 1. The van der Waals surface area contributed by atoms with Crippen molar-refractivity contribution in [1.82, 2.24) is 0 Å². The zero-order chi connectivity index (χ0) is 8.69. The fourth-order valence-electron chi connectivity index (χ4n) is 0.570. The van der Waals surface area contributed by atoms with Crippen molar-refractivity contribution in [3.8, 4) is 6.07 Å². The van der Waals surface area contributed by atoms with Crippen LogP contribution in [-0.4, -0.2) is 18.4 Å². The van der Waals surface area contributed by atoms with E-state index in [9.17, 15) is 9.59 Å². The van der Waals surface area contributed by atoms with Crippen molar-refractivity contribution in [3.05, 3.63) is 0 Å². The molecule has 0 amide bonds. The van der Waals surface area contributed by atoms with E-state index < -0.39 is 12.1 Å². The summed E-state index contributed by atoms with van der Waals surface area (Å²) in [6.07, 6.45) is 0.427. The monoisotopic (exact) mass is 155 g/mol. The third-order valence-electron chi connectivity index (χ3n) is 0.999. The Labute approximate surface area is 64.8 Å². The molecule has 0 heterocycles. The SMILES string of the molecule is CC(=O)OC(C#N)CCC=O. The van der Waals surface area contributed by atoms with Gasteiger partial charge >= 0.3 is 5.97 Å². The lowest BCUT2D eigenvalue weighted by Gasteiger charge is -2.05. The molecule has 1 unspecified atom stereocenters. The molecule has 0 spiro atoms. The van der Waals surface area contributed by atoms with Gasteiger partial charge in [-0.05, 0) is 0 Å². The lowest BCUT2D eigenvalue weighted by Crippen LogP contribution is -2.13. The molecule has 1 atom stereocenters. The van der Waals surface area contributed by atoms with Crippen LogP contribution in [0.1, 0.15) is 19.8 Å². The molecular weight excluding hydrogens is 146 g/mol. The maximum Gasteiger partial charge on any atom is 0.303 e. The van der Waals surface area contributed by atoms with Crippen molar-refractivity contribution >= 4 is 12.3 Å². The minimum Gasteiger partial charge on any atom is -0.447 e. The molecule has 0 saturated heterocycles. The first-order chi connectivity index (χ1) is 5.20. The molecule has 0 rings (SSSR count). The van der Waals surface area contributed by atoms with Gasteiger partial charge < -0.3 is 9.53 Å². The standard InChI is InChI=1S/C7H9NO3/c1-6(10)11-7(5-8)3-2-4-9/h4,7H,2-3H2,1H3. The largest absolute Gasteiger partial charge is 0.447 e. The second kappa shape index (κ2) is 5.42. The van der Waals surface area contributed by atoms with Crippen LogP contribution in [0, 0.1) is 11.3 Å². The number of hydrogen-bond donors (Lipinski definition) is 0. The predicted octanol–water partition coefficient (Wildman–Crippen LogP) is 0.421. The van der Waals surface area contributed by atoms with E-state index in [1.165, 1.54) is 6.92 Å². The first-order valence-electron chi connectivity index (χ1n) is 3.21. The van der Waals surface area contributed by atoms with Gasteiger partial charge in [-0.2, -0.15) is 5.26 Å². The molecule has 0 aliphatic carbocycles. The molecule has 0 aromatic carbocycles. The van der Waals surface area contributed by atoms with Gasteiger partial charge in [-0.1, -0.05) is 0 Å². The van der Waals surface area contributed by atoms with E-state index in [0.717, 1.165) is 0 Å². The Morgan fingerprint density at radius 3 is 2.82 bits per heavy atom. The molecule has 0 aliphatic rings. The van der Waals surface area contributed by atoms with Crippen LogP contribution >= 0.6 is 0 Å². The van der Waals surface area contributed by atoms with Crippen molar-refractivity contribution in [2.45, 2.75) is 25.9 Å². The summed E-state index contributed by atoms with van der Waals surface area (Å²) in [4.78, 5) is 20.2. The van der Waals surface area contributed by atoms with E-state index >= 15 is 0 Å². The second-order valence-corrected chi connectivity index (χ2v) is 1.97. The van der Waals surface area contributed by atoms with Crippen LogP contribution in [0.25, 0.3) is 0 Å². The Morgan fingerprint density at radius 2 is 2.45 bits per heavy atom. The van der Waals surface area contributed by atoms with Gasteiger partial charge in [0.2, 0.25) is 0 Å². The summed E-state index contributed by atoms with van der Waals surface area (Å²) < 4.78 is 4.54. The van der Waals surface area contributed by atoms with Gasteiger partial charge in [0.15, 0.2) is 6.10 Å². The van der Waals surface area contributed by atoms with Gasteiger partial charge in [0.05, 0.1) is 0 Å². The van der Waals surface area contributed by atoms with Gasteiger partial charge in [-0.15, -0.1) is 0 Å². The number of esters is 1. The average Bonchev–Trinajstić information content (AvgIpc) is 1.97. The Kier molecular flexibility index (Phi) is 4.74. The topological polar surface area (TPSA) is 67.2 Å². The molecule has 0 aliphatic heterocycles. The third-order valence-corrected chi connectivity index (χ3v) is 0.999. The molecular formula is C7H9NO3. The zero-order valence-electron chi connectivity index (χ0n) is 6.24. The molecule has 0 bridgehead atoms. The highest BCUT2D eigenvalue weighted by Crippen LogP contribution is 1.99. The van der Waals surface area contributed by atoms with E-state index in [2.05, 4.69) is 4.74 Å². The van der Waals surface area contributed by atoms with Gasteiger partial charge in [0, 0.05) is 19.8 Å². The quantitative estimate of drug-likeness (QED) is 0.436. The second-order valence-electron chi connectivity index (χ2n) is 1.97. The normalized spacial score (nSPS) is 11.3. The number of carbonyl (C=O) groups excluding carboxylic acids is 2. The Morgan fingerprint density at radius 1 is 1.82 bits per heavy atom. The van der Waals surface area contributed by atoms with E-state index in [-0.39, 0.29) is 12.8 Å². The summed E-state index contributed by atoms with van der Waals surface area (Å²) in [5.74, 6) is -0.498.